The van der Waals surface area contributed by atoms with Crippen LogP contribution < -0.4 is 0 Å². The molecule has 0 aliphatic heterocycles. The van der Waals surface area contributed by atoms with E-state index in [1.165, 1.54) is 0 Å². The lowest BCUT2D eigenvalue weighted by Gasteiger charge is -2.36. The zero-order valence-corrected chi connectivity index (χ0v) is 13.2. The maximum atomic E-state index is 8.61. The quantitative estimate of drug-likeness (QED) is 0.517. The number of rotatable bonds is 7. The minimum absolute atomic E-state index is 0.0799. The van der Waals surface area contributed by atoms with E-state index in [9.17, 15) is 0 Å². The molecule has 0 rings (SSSR count). The Morgan fingerprint density at radius 3 is 2.24 bits per heavy atom. The second-order valence-corrected chi connectivity index (χ2v) is 10.8. The van der Waals surface area contributed by atoms with Gasteiger partial charge in [-0.05, 0) is 31.5 Å². The summed E-state index contributed by atoms with van der Waals surface area (Å²) in [5, 5.41) is 8.86. The zero-order chi connectivity index (χ0) is 13.5. The van der Waals surface area contributed by atoms with E-state index in [4.69, 9.17) is 14.4 Å². The van der Waals surface area contributed by atoms with E-state index in [-0.39, 0.29) is 11.0 Å². The zero-order valence-electron chi connectivity index (χ0n) is 12.2. The summed E-state index contributed by atoms with van der Waals surface area (Å²) in [4.78, 5) is 0. The van der Waals surface area contributed by atoms with Crippen LogP contribution in [0, 0.1) is 17.2 Å². The van der Waals surface area contributed by atoms with Gasteiger partial charge in [0.1, 0.15) is 0 Å². The highest BCUT2D eigenvalue weighted by atomic mass is 28.4. The van der Waals surface area contributed by atoms with E-state index in [1.807, 2.05) is 6.92 Å². The Labute approximate surface area is 107 Å². The first-order chi connectivity index (χ1) is 7.70. The van der Waals surface area contributed by atoms with Crippen LogP contribution in [0.5, 0.6) is 0 Å². The van der Waals surface area contributed by atoms with Crippen molar-refractivity contribution in [3.8, 4) is 6.07 Å². The molecule has 0 spiro atoms. The van der Waals surface area contributed by atoms with Gasteiger partial charge in [0.05, 0.1) is 19.3 Å². The lowest BCUT2D eigenvalue weighted by Crippen LogP contribution is -2.41. The molecule has 0 aromatic carbocycles. The maximum Gasteiger partial charge on any atom is 0.192 e. The standard InChI is InChI=1S/C13H27NO2Si/c1-12(11-14)7-8-15-9-10-16-17(5,6)13(2,3)4/h12H,7-10H2,1-6H3/t12-/m1/s1. The van der Waals surface area contributed by atoms with Gasteiger partial charge in [-0.15, -0.1) is 0 Å². The summed E-state index contributed by atoms with van der Waals surface area (Å²) in [6.07, 6.45) is 0.802. The summed E-state index contributed by atoms with van der Waals surface area (Å²) < 4.78 is 11.4. The molecule has 0 aliphatic rings. The third kappa shape index (κ3) is 6.82. The van der Waals surface area contributed by atoms with Crippen molar-refractivity contribution in [2.45, 2.75) is 52.2 Å². The Morgan fingerprint density at radius 2 is 1.76 bits per heavy atom. The molecule has 0 aliphatic carbocycles. The van der Waals surface area contributed by atoms with E-state index in [2.05, 4.69) is 39.9 Å². The molecule has 0 radical (unpaired) electrons. The summed E-state index contributed by atoms with van der Waals surface area (Å²) >= 11 is 0. The smallest absolute Gasteiger partial charge is 0.192 e. The van der Waals surface area contributed by atoms with Crippen LogP contribution in [-0.4, -0.2) is 28.1 Å². The van der Waals surface area contributed by atoms with Gasteiger partial charge in [0.15, 0.2) is 8.32 Å². The van der Waals surface area contributed by atoms with Crippen LogP contribution in [0.4, 0.5) is 0 Å². The Hall–Kier alpha value is -0.373. The van der Waals surface area contributed by atoms with Crippen LogP contribution in [0.25, 0.3) is 0 Å². The van der Waals surface area contributed by atoms with Crippen molar-refractivity contribution >= 4 is 8.32 Å². The molecular weight excluding hydrogens is 230 g/mol. The fraction of sp³-hybridized carbons (Fsp3) is 0.923. The molecule has 3 nitrogen and oxygen atoms in total. The summed E-state index contributed by atoms with van der Waals surface area (Å²) in [7, 11) is -1.63. The van der Waals surface area contributed by atoms with Gasteiger partial charge in [-0.3, -0.25) is 0 Å². The predicted molar refractivity (Wildman–Crippen MR) is 73.4 cm³/mol. The van der Waals surface area contributed by atoms with E-state index in [1.54, 1.807) is 0 Å². The van der Waals surface area contributed by atoms with Gasteiger partial charge >= 0.3 is 0 Å². The number of hydrogen-bond acceptors (Lipinski definition) is 3. The molecule has 100 valence electrons. The predicted octanol–water partition coefficient (Wildman–Crippen LogP) is 3.57. The van der Waals surface area contributed by atoms with Crippen LogP contribution >= 0.6 is 0 Å². The van der Waals surface area contributed by atoms with Gasteiger partial charge in [0.2, 0.25) is 0 Å². The van der Waals surface area contributed by atoms with Crippen LogP contribution in [0.15, 0.2) is 0 Å². The van der Waals surface area contributed by atoms with Gasteiger partial charge in [-0.25, -0.2) is 0 Å². The average molecular weight is 257 g/mol. The molecular formula is C13H27NO2Si. The first kappa shape index (κ1) is 16.6. The minimum Gasteiger partial charge on any atom is -0.414 e. The topological polar surface area (TPSA) is 42.2 Å². The lowest BCUT2D eigenvalue weighted by atomic mass is 10.1. The van der Waals surface area contributed by atoms with Crippen molar-refractivity contribution in [2.24, 2.45) is 5.92 Å². The Bertz CT molecular complexity index is 253. The van der Waals surface area contributed by atoms with Crippen molar-refractivity contribution in [1.29, 1.82) is 5.26 Å². The summed E-state index contributed by atoms with van der Waals surface area (Å²) in [6, 6.07) is 2.20. The molecule has 0 N–H and O–H groups in total. The lowest BCUT2D eigenvalue weighted by molar-refractivity contribution is 0.0901. The highest BCUT2D eigenvalue weighted by molar-refractivity contribution is 6.74. The van der Waals surface area contributed by atoms with Gasteiger partial charge in [-0.2, -0.15) is 5.26 Å². The van der Waals surface area contributed by atoms with Gasteiger partial charge in [0.25, 0.3) is 0 Å². The van der Waals surface area contributed by atoms with Crippen molar-refractivity contribution in [3.63, 3.8) is 0 Å². The van der Waals surface area contributed by atoms with Crippen molar-refractivity contribution in [3.05, 3.63) is 0 Å². The van der Waals surface area contributed by atoms with Crippen LogP contribution in [0.1, 0.15) is 34.1 Å². The fourth-order valence-corrected chi connectivity index (χ4v) is 2.03. The highest BCUT2D eigenvalue weighted by Crippen LogP contribution is 2.36. The number of ether oxygens (including phenoxy) is 1. The molecule has 4 heteroatoms. The third-order valence-corrected chi connectivity index (χ3v) is 7.95. The van der Waals surface area contributed by atoms with Gasteiger partial charge in [-0.1, -0.05) is 20.8 Å². The highest BCUT2D eigenvalue weighted by Gasteiger charge is 2.36. The molecule has 1 atom stereocenters. The fourth-order valence-electron chi connectivity index (χ4n) is 0.999. The van der Waals surface area contributed by atoms with E-state index >= 15 is 0 Å². The summed E-state index contributed by atoms with van der Waals surface area (Å²) in [5.74, 6) is 0.0799. The number of nitriles is 1. The Morgan fingerprint density at radius 1 is 1.18 bits per heavy atom. The van der Waals surface area contributed by atoms with Crippen LogP contribution in [0.2, 0.25) is 18.1 Å². The molecule has 0 unspecified atom stereocenters. The molecule has 17 heavy (non-hydrogen) atoms. The van der Waals surface area contributed by atoms with E-state index in [0.29, 0.717) is 19.8 Å². The normalized spacial score (nSPS) is 14.4. The second kappa shape index (κ2) is 7.15. The molecule has 0 aromatic heterocycles. The first-order valence-electron chi connectivity index (χ1n) is 6.32. The number of hydrogen-bond donors (Lipinski definition) is 0. The van der Waals surface area contributed by atoms with E-state index < -0.39 is 8.32 Å². The van der Waals surface area contributed by atoms with Crippen molar-refractivity contribution in [2.75, 3.05) is 19.8 Å². The minimum atomic E-state index is -1.63. The third-order valence-electron chi connectivity index (χ3n) is 3.41. The molecule has 0 saturated carbocycles. The Balaban J connectivity index is 3.63. The Kier molecular flexibility index (Phi) is 6.99. The van der Waals surface area contributed by atoms with E-state index in [0.717, 1.165) is 6.42 Å². The van der Waals surface area contributed by atoms with Crippen LogP contribution in [-0.2, 0) is 9.16 Å². The summed E-state index contributed by atoms with van der Waals surface area (Å²) in [6.45, 7) is 15.0. The molecule has 0 saturated heterocycles. The molecule has 0 amide bonds. The second-order valence-electron chi connectivity index (χ2n) is 6.04. The van der Waals surface area contributed by atoms with Crippen molar-refractivity contribution in [1.82, 2.24) is 0 Å². The van der Waals surface area contributed by atoms with Gasteiger partial charge < -0.3 is 9.16 Å². The SMILES string of the molecule is C[C@@H](C#N)CCOCCO[Si](C)(C)C(C)(C)C. The van der Waals surface area contributed by atoms with Crippen molar-refractivity contribution < 1.29 is 9.16 Å². The number of nitrogens with zero attached hydrogens (tertiary/aromatic N) is 1. The first-order valence-corrected chi connectivity index (χ1v) is 9.23. The summed E-state index contributed by atoms with van der Waals surface area (Å²) in [5.41, 5.74) is 0. The molecule has 0 aromatic rings. The molecule has 0 bridgehead atoms. The van der Waals surface area contributed by atoms with Crippen LogP contribution in [0.3, 0.4) is 0 Å². The van der Waals surface area contributed by atoms with Gasteiger partial charge in [0, 0.05) is 12.5 Å². The monoisotopic (exact) mass is 257 g/mol. The maximum absolute atomic E-state index is 8.61. The largest absolute Gasteiger partial charge is 0.414 e. The average Bonchev–Trinajstić information content (AvgIpc) is 2.21. The molecule has 0 fully saturated rings. The molecule has 0 heterocycles.